The van der Waals surface area contributed by atoms with Gasteiger partial charge in [-0.1, -0.05) is 12.8 Å². The molecule has 1 N–H and O–H groups in total. The van der Waals surface area contributed by atoms with Crippen molar-refractivity contribution >= 4 is 5.97 Å². The molecule has 2 fully saturated rings. The Kier molecular flexibility index (Phi) is 3.84. The van der Waals surface area contributed by atoms with Gasteiger partial charge >= 0.3 is 24.8 Å². The van der Waals surface area contributed by atoms with Crippen LogP contribution in [0.5, 0.6) is 0 Å². The van der Waals surface area contributed by atoms with E-state index < -0.39 is 5.97 Å². The molecule has 0 aromatic heterocycles. The Hall–Kier alpha value is 0.0274. The minimum Gasteiger partial charge on any atom is -1.00 e. The molecule has 1 saturated carbocycles. The molecule has 70 valence electrons. The van der Waals surface area contributed by atoms with Crippen LogP contribution in [0.4, 0.5) is 0 Å². The van der Waals surface area contributed by atoms with Crippen molar-refractivity contribution in [3.8, 4) is 0 Å². The summed E-state index contributed by atoms with van der Waals surface area (Å²) in [6.45, 7) is 1.00. The first kappa shape index (κ1) is 11.1. The van der Waals surface area contributed by atoms with Gasteiger partial charge in [0.05, 0.1) is 0 Å². The maximum Gasteiger partial charge on any atom is 1.00 e. The average molecular weight is 177 g/mol. The van der Waals surface area contributed by atoms with Crippen molar-refractivity contribution in [2.75, 3.05) is 6.54 Å². The molecule has 1 heterocycles. The van der Waals surface area contributed by atoms with E-state index in [1.165, 1.54) is 25.7 Å². The first-order chi connectivity index (χ1) is 5.79. The second kappa shape index (κ2) is 4.50. The number of rotatable bonds is 2. The summed E-state index contributed by atoms with van der Waals surface area (Å²) in [6.07, 6.45) is 5.85. The molecule has 0 aromatic rings. The summed E-state index contributed by atoms with van der Waals surface area (Å²) in [6, 6.07) is 0.424. The molecule has 0 amide bonds. The number of hydrogen-bond acceptors (Lipinski definition) is 2. The maximum atomic E-state index is 10.7. The van der Waals surface area contributed by atoms with Crippen molar-refractivity contribution in [1.29, 1.82) is 0 Å². The van der Waals surface area contributed by atoms with Gasteiger partial charge in [-0.2, -0.15) is 0 Å². The van der Waals surface area contributed by atoms with Crippen LogP contribution < -0.4 is 18.9 Å². The molecular weight excluding hydrogens is 161 g/mol. The van der Waals surface area contributed by atoms with E-state index in [2.05, 4.69) is 4.90 Å². The van der Waals surface area contributed by atoms with Crippen LogP contribution in [0.15, 0.2) is 0 Å². The minimum absolute atomic E-state index is 0. The zero-order valence-corrected chi connectivity index (χ0v) is 8.20. The summed E-state index contributed by atoms with van der Waals surface area (Å²) in [4.78, 5) is 12.9. The second-order valence-electron chi connectivity index (χ2n) is 3.82. The van der Waals surface area contributed by atoms with Crippen LogP contribution in [0.3, 0.4) is 0 Å². The maximum absolute atomic E-state index is 10.7. The fourth-order valence-corrected chi connectivity index (χ4v) is 2.35. The van der Waals surface area contributed by atoms with Crippen molar-refractivity contribution in [3.05, 3.63) is 0 Å². The summed E-state index contributed by atoms with van der Waals surface area (Å²) >= 11 is 0. The number of carboxylic acid groups (broad SMARTS) is 1. The van der Waals surface area contributed by atoms with Gasteiger partial charge in [-0.25, -0.2) is 0 Å². The van der Waals surface area contributed by atoms with E-state index >= 15 is 0 Å². The van der Waals surface area contributed by atoms with E-state index in [9.17, 15) is 4.79 Å². The SMILES string of the molecule is O=C(O)C1CCN1C1CCCC1.[H-].[Li+]. The smallest absolute Gasteiger partial charge is 1.00 e. The number of nitrogens with zero attached hydrogens (tertiary/aromatic N) is 1. The number of carboxylic acids is 1. The van der Waals surface area contributed by atoms with E-state index in [1.54, 1.807) is 0 Å². The van der Waals surface area contributed by atoms with Crippen LogP contribution in [0.2, 0.25) is 0 Å². The van der Waals surface area contributed by atoms with E-state index in [0.717, 1.165) is 13.0 Å². The van der Waals surface area contributed by atoms with Gasteiger partial charge in [0.1, 0.15) is 6.04 Å². The van der Waals surface area contributed by atoms with Gasteiger partial charge in [-0.3, -0.25) is 9.69 Å². The monoisotopic (exact) mass is 177 g/mol. The van der Waals surface area contributed by atoms with Gasteiger partial charge in [0.25, 0.3) is 0 Å². The Bertz CT molecular complexity index is 197. The van der Waals surface area contributed by atoms with Crippen LogP contribution >= 0.6 is 0 Å². The van der Waals surface area contributed by atoms with Gasteiger partial charge in [-0.15, -0.1) is 0 Å². The Morgan fingerprint density at radius 1 is 1.31 bits per heavy atom. The standard InChI is InChI=1S/C9H15NO2.Li.H/c11-9(12)8-5-6-10(8)7-3-1-2-4-7;;/h7-8H,1-6H2,(H,11,12);;/q;+1;-1. The molecule has 4 heteroatoms. The predicted molar refractivity (Wildman–Crippen MR) is 46.1 cm³/mol. The van der Waals surface area contributed by atoms with E-state index in [0.29, 0.717) is 6.04 Å². The first-order valence-electron chi connectivity index (χ1n) is 4.77. The fraction of sp³-hybridized carbons (Fsp3) is 0.889. The van der Waals surface area contributed by atoms with Crippen molar-refractivity contribution in [2.24, 2.45) is 0 Å². The second-order valence-corrected chi connectivity index (χ2v) is 3.82. The molecule has 1 aliphatic carbocycles. The van der Waals surface area contributed by atoms with Gasteiger partial charge in [0, 0.05) is 12.6 Å². The van der Waals surface area contributed by atoms with Crippen molar-refractivity contribution in [1.82, 2.24) is 4.90 Å². The van der Waals surface area contributed by atoms with Crippen molar-refractivity contribution in [3.63, 3.8) is 0 Å². The largest absolute Gasteiger partial charge is 1.00 e. The van der Waals surface area contributed by atoms with Crippen molar-refractivity contribution < 1.29 is 30.2 Å². The first-order valence-corrected chi connectivity index (χ1v) is 4.77. The van der Waals surface area contributed by atoms with Crippen LogP contribution in [-0.4, -0.2) is 34.6 Å². The van der Waals surface area contributed by atoms with Crippen LogP contribution in [0, 0.1) is 0 Å². The number of likely N-dealkylation sites (tertiary alicyclic amines) is 1. The normalized spacial score (nSPS) is 29.4. The van der Waals surface area contributed by atoms with Crippen molar-refractivity contribution in [2.45, 2.75) is 44.2 Å². The summed E-state index contributed by atoms with van der Waals surface area (Å²) in [5.41, 5.74) is 0. The molecule has 1 aliphatic heterocycles. The fourth-order valence-electron chi connectivity index (χ4n) is 2.35. The molecule has 13 heavy (non-hydrogen) atoms. The molecule has 0 spiro atoms. The van der Waals surface area contributed by atoms with Crippen LogP contribution in [-0.2, 0) is 4.79 Å². The number of hydrogen-bond donors (Lipinski definition) is 1. The van der Waals surface area contributed by atoms with Gasteiger partial charge in [0.2, 0.25) is 0 Å². The summed E-state index contributed by atoms with van der Waals surface area (Å²) in [5.74, 6) is -0.631. The molecule has 0 radical (unpaired) electrons. The Morgan fingerprint density at radius 2 is 1.92 bits per heavy atom. The average Bonchev–Trinajstić information content (AvgIpc) is 2.35. The van der Waals surface area contributed by atoms with Gasteiger partial charge in [0.15, 0.2) is 0 Å². The molecule has 2 rings (SSSR count). The summed E-state index contributed by atoms with van der Waals surface area (Å²) in [5, 5.41) is 8.82. The predicted octanol–water partition coefficient (Wildman–Crippen LogP) is -1.80. The van der Waals surface area contributed by atoms with Gasteiger partial charge in [-0.05, 0) is 19.3 Å². The zero-order chi connectivity index (χ0) is 8.55. The Morgan fingerprint density at radius 3 is 2.31 bits per heavy atom. The molecule has 1 unspecified atom stereocenters. The molecule has 1 atom stereocenters. The third kappa shape index (κ3) is 2.09. The van der Waals surface area contributed by atoms with E-state index in [4.69, 9.17) is 5.11 Å². The molecule has 0 aromatic carbocycles. The Labute approximate surface area is 92.1 Å². The molecule has 1 saturated heterocycles. The van der Waals surface area contributed by atoms with E-state index in [-0.39, 0.29) is 26.3 Å². The van der Waals surface area contributed by atoms with Crippen LogP contribution in [0.1, 0.15) is 33.5 Å². The minimum atomic E-state index is -0.631. The third-order valence-electron chi connectivity index (χ3n) is 3.14. The zero-order valence-electron chi connectivity index (χ0n) is 9.20. The molecular formula is C9H16LiNO2. The number of carbonyl (C=O) groups is 1. The topological polar surface area (TPSA) is 40.5 Å². The summed E-state index contributed by atoms with van der Waals surface area (Å²) in [7, 11) is 0. The van der Waals surface area contributed by atoms with Crippen LogP contribution in [0.25, 0.3) is 0 Å². The van der Waals surface area contributed by atoms with Gasteiger partial charge < -0.3 is 6.53 Å². The number of aliphatic carboxylic acids is 1. The molecule has 3 nitrogen and oxygen atoms in total. The third-order valence-corrected chi connectivity index (χ3v) is 3.14. The quantitative estimate of drug-likeness (QED) is 0.506. The van der Waals surface area contributed by atoms with E-state index in [1.807, 2.05) is 0 Å². The summed E-state index contributed by atoms with van der Waals surface area (Å²) < 4.78 is 0. The molecule has 2 aliphatic rings. The Balaban J connectivity index is 0.000000845. The molecule has 0 bridgehead atoms.